The van der Waals surface area contributed by atoms with Crippen molar-refractivity contribution < 1.29 is 4.79 Å². The molecule has 2 aliphatic rings. The second kappa shape index (κ2) is 5.60. The van der Waals surface area contributed by atoms with E-state index in [1.165, 1.54) is 25.7 Å². The Kier molecular flexibility index (Phi) is 4.31. The van der Waals surface area contributed by atoms with Crippen LogP contribution in [0.25, 0.3) is 0 Å². The summed E-state index contributed by atoms with van der Waals surface area (Å²) < 4.78 is 0. The van der Waals surface area contributed by atoms with Crippen LogP contribution in [0.5, 0.6) is 0 Å². The number of unbranched alkanes of at least 4 members (excludes halogenated alkanes) is 1. The molecular weight excluding hydrogens is 224 g/mol. The van der Waals surface area contributed by atoms with E-state index in [-0.39, 0.29) is 5.54 Å². The number of amides is 1. The molecule has 0 spiro atoms. The van der Waals surface area contributed by atoms with Gasteiger partial charge in [-0.2, -0.15) is 0 Å². The van der Waals surface area contributed by atoms with Gasteiger partial charge in [-0.3, -0.25) is 4.79 Å². The Morgan fingerprint density at radius 1 is 1.33 bits per heavy atom. The van der Waals surface area contributed by atoms with Gasteiger partial charge in [0.25, 0.3) is 0 Å². The van der Waals surface area contributed by atoms with Gasteiger partial charge in [-0.05, 0) is 33.1 Å². The van der Waals surface area contributed by atoms with Crippen molar-refractivity contribution in [2.24, 2.45) is 0 Å². The summed E-state index contributed by atoms with van der Waals surface area (Å²) in [5.74, 6) is 0.357. The molecule has 1 amide bonds. The van der Waals surface area contributed by atoms with Crippen molar-refractivity contribution in [1.29, 1.82) is 0 Å². The van der Waals surface area contributed by atoms with Crippen LogP contribution in [0.15, 0.2) is 0 Å². The van der Waals surface area contributed by atoms with Crippen LogP contribution >= 0.6 is 0 Å². The van der Waals surface area contributed by atoms with Crippen LogP contribution in [0.3, 0.4) is 0 Å². The first-order valence-corrected chi connectivity index (χ1v) is 7.60. The zero-order valence-electron chi connectivity index (χ0n) is 12.2. The lowest BCUT2D eigenvalue weighted by molar-refractivity contribution is -0.134. The van der Waals surface area contributed by atoms with Crippen molar-refractivity contribution >= 4 is 5.91 Å². The molecular formula is C15H28N2O. The molecule has 18 heavy (non-hydrogen) atoms. The van der Waals surface area contributed by atoms with Gasteiger partial charge in [-0.25, -0.2) is 0 Å². The molecule has 0 bridgehead atoms. The molecule has 1 aliphatic heterocycles. The fourth-order valence-electron chi connectivity index (χ4n) is 3.49. The van der Waals surface area contributed by atoms with E-state index in [1.807, 2.05) is 0 Å². The minimum absolute atomic E-state index is 0.0433. The SMILES string of the molecule is CCCCN1C(=O)CC(C)(C)N[C@H]2CCCC[C@H]21. The maximum atomic E-state index is 12.5. The highest BCUT2D eigenvalue weighted by molar-refractivity contribution is 5.78. The van der Waals surface area contributed by atoms with Gasteiger partial charge in [0, 0.05) is 30.6 Å². The van der Waals surface area contributed by atoms with Crippen molar-refractivity contribution in [2.45, 2.75) is 83.3 Å². The van der Waals surface area contributed by atoms with Gasteiger partial charge in [-0.15, -0.1) is 0 Å². The second-order valence-electron chi connectivity index (χ2n) is 6.60. The zero-order valence-corrected chi connectivity index (χ0v) is 12.2. The number of rotatable bonds is 3. The summed E-state index contributed by atoms with van der Waals surface area (Å²) in [5, 5.41) is 3.73. The number of carbonyl (C=O) groups excluding carboxylic acids is 1. The lowest BCUT2D eigenvalue weighted by Crippen LogP contribution is -2.53. The van der Waals surface area contributed by atoms with Crippen LogP contribution in [0.4, 0.5) is 0 Å². The Balaban J connectivity index is 2.16. The lowest BCUT2D eigenvalue weighted by atomic mass is 9.88. The van der Waals surface area contributed by atoms with E-state index in [1.54, 1.807) is 0 Å². The molecule has 0 aromatic carbocycles. The van der Waals surface area contributed by atoms with Crippen molar-refractivity contribution in [1.82, 2.24) is 10.2 Å². The molecule has 2 rings (SSSR count). The van der Waals surface area contributed by atoms with Gasteiger partial charge in [0.15, 0.2) is 0 Å². The highest BCUT2D eigenvalue weighted by Crippen LogP contribution is 2.30. The summed E-state index contributed by atoms with van der Waals surface area (Å²) >= 11 is 0. The van der Waals surface area contributed by atoms with E-state index in [9.17, 15) is 4.79 Å². The Bertz CT molecular complexity index is 301. The summed E-state index contributed by atoms with van der Waals surface area (Å²) in [7, 11) is 0. The summed E-state index contributed by atoms with van der Waals surface area (Å²) in [5.41, 5.74) is -0.0433. The number of hydrogen-bond acceptors (Lipinski definition) is 2. The van der Waals surface area contributed by atoms with E-state index in [4.69, 9.17) is 0 Å². The Morgan fingerprint density at radius 3 is 2.78 bits per heavy atom. The summed E-state index contributed by atoms with van der Waals surface area (Å²) in [6.07, 6.45) is 7.93. The van der Waals surface area contributed by atoms with Crippen LogP contribution in [-0.4, -0.2) is 35.0 Å². The van der Waals surface area contributed by atoms with Gasteiger partial charge in [-0.1, -0.05) is 26.2 Å². The van der Waals surface area contributed by atoms with Crippen LogP contribution in [0.1, 0.15) is 65.7 Å². The van der Waals surface area contributed by atoms with Crippen LogP contribution in [0, 0.1) is 0 Å². The summed E-state index contributed by atoms with van der Waals surface area (Å²) in [6, 6.07) is 0.955. The third-order valence-electron chi connectivity index (χ3n) is 4.37. The molecule has 104 valence electrons. The maximum absolute atomic E-state index is 12.5. The first-order valence-electron chi connectivity index (χ1n) is 7.60. The quantitative estimate of drug-likeness (QED) is 0.837. The minimum atomic E-state index is -0.0433. The lowest BCUT2D eigenvalue weighted by Gasteiger charge is -2.39. The van der Waals surface area contributed by atoms with E-state index >= 15 is 0 Å². The molecule has 1 saturated heterocycles. The van der Waals surface area contributed by atoms with Crippen molar-refractivity contribution in [3.63, 3.8) is 0 Å². The van der Waals surface area contributed by atoms with E-state index in [2.05, 4.69) is 31.0 Å². The summed E-state index contributed by atoms with van der Waals surface area (Å²) in [6.45, 7) is 7.48. The Hall–Kier alpha value is -0.570. The second-order valence-corrected chi connectivity index (χ2v) is 6.60. The minimum Gasteiger partial charge on any atom is -0.338 e. The molecule has 1 N–H and O–H groups in total. The fourth-order valence-corrected chi connectivity index (χ4v) is 3.49. The predicted octanol–water partition coefficient (Wildman–Crippen LogP) is 2.70. The van der Waals surface area contributed by atoms with E-state index in [0.29, 0.717) is 24.4 Å². The highest BCUT2D eigenvalue weighted by Gasteiger charge is 2.40. The van der Waals surface area contributed by atoms with Gasteiger partial charge in [0.05, 0.1) is 0 Å². The monoisotopic (exact) mass is 252 g/mol. The number of hydrogen-bond donors (Lipinski definition) is 1. The Labute approximate surface area is 111 Å². The van der Waals surface area contributed by atoms with Gasteiger partial charge in [0.2, 0.25) is 5.91 Å². The molecule has 2 atom stereocenters. The van der Waals surface area contributed by atoms with Gasteiger partial charge < -0.3 is 10.2 Å². The smallest absolute Gasteiger partial charge is 0.224 e. The van der Waals surface area contributed by atoms with Crippen LogP contribution < -0.4 is 5.32 Å². The van der Waals surface area contributed by atoms with Crippen LogP contribution in [0.2, 0.25) is 0 Å². The number of carbonyl (C=O) groups is 1. The number of nitrogens with one attached hydrogen (secondary N) is 1. The third kappa shape index (κ3) is 3.05. The predicted molar refractivity (Wildman–Crippen MR) is 74.5 cm³/mol. The van der Waals surface area contributed by atoms with Gasteiger partial charge in [0.1, 0.15) is 0 Å². The number of nitrogens with zero attached hydrogens (tertiary/aromatic N) is 1. The standard InChI is InChI=1S/C15H28N2O/c1-4-5-10-17-13-9-7-6-8-12(13)16-15(2,3)11-14(17)18/h12-13,16H,4-11H2,1-3H3/t12-,13+/m0/s1. The van der Waals surface area contributed by atoms with Crippen molar-refractivity contribution in [2.75, 3.05) is 6.54 Å². The summed E-state index contributed by atoms with van der Waals surface area (Å²) in [4.78, 5) is 14.7. The molecule has 1 aliphatic carbocycles. The van der Waals surface area contributed by atoms with Gasteiger partial charge >= 0.3 is 0 Å². The average molecular weight is 252 g/mol. The molecule has 0 radical (unpaired) electrons. The van der Waals surface area contributed by atoms with E-state index in [0.717, 1.165) is 19.4 Å². The Morgan fingerprint density at radius 2 is 2.06 bits per heavy atom. The maximum Gasteiger partial charge on any atom is 0.224 e. The van der Waals surface area contributed by atoms with Crippen molar-refractivity contribution in [3.05, 3.63) is 0 Å². The van der Waals surface area contributed by atoms with Crippen molar-refractivity contribution in [3.8, 4) is 0 Å². The average Bonchev–Trinajstić information content (AvgIpc) is 2.39. The highest BCUT2D eigenvalue weighted by atomic mass is 16.2. The topological polar surface area (TPSA) is 32.3 Å². The third-order valence-corrected chi connectivity index (χ3v) is 4.37. The first kappa shape index (κ1) is 13.9. The normalized spacial score (nSPS) is 31.9. The fraction of sp³-hybridized carbons (Fsp3) is 0.933. The molecule has 0 aromatic rings. The molecule has 1 heterocycles. The molecule has 0 unspecified atom stereocenters. The molecule has 3 nitrogen and oxygen atoms in total. The largest absolute Gasteiger partial charge is 0.338 e. The first-order chi connectivity index (χ1) is 8.53. The molecule has 2 fully saturated rings. The molecule has 1 saturated carbocycles. The molecule has 3 heteroatoms. The molecule has 0 aromatic heterocycles. The number of fused-ring (bicyclic) bond motifs is 1. The van der Waals surface area contributed by atoms with Crippen LogP contribution in [-0.2, 0) is 4.79 Å². The van der Waals surface area contributed by atoms with E-state index < -0.39 is 0 Å². The zero-order chi connectivity index (χ0) is 13.2.